The Bertz CT molecular complexity index is 1450. The van der Waals surface area contributed by atoms with Crippen molar-refractivity contribution in [3.05, 3.63) is 96.6 Å². The van der Waals surface area contributed by atoms with Gasteiger partial charge in [0.2, 0.25) is 0 Å². The van der Waals surface area contributed by atoms with Gasteiger partial charge in [-0.25, -0.2) is 9.78 Å². The maximum Gasteiger partial charge on any atom is 0.348 e. The van der Waals surface area contributed by atoms with Crippen LogP contribution in [0.1, 0.15) is 33.3 Å². The maximum absolute atomic E-state index is 13.6. The van der Waals surface area contributed by atoms with Crippen LogP contribution in [0.5, 0.6) is 0 Å². The Balaban J connectivity index is 1.74. The van der Waals surface area contributed by atoms with E-state index in [0.717, 1.165) is 22.5 Å². The van der Waals surface area contributed by atoms with Crippen molar-refractivity contribution >= 4 is 45.0 Å². The predicted octanol–water partition coefficient (Wildman–Crippen LogP) is 5.39. The second-order valence-corrected chi connectivity index (χ2v) is 9.70. The molecule has 2 aromatic heterocycles. The fourth-order valence-electron chi connectivity index (χ4n) is 3.69. The number of rotatable bonds is 9. The summed E-state index contributed by atoms with van der Waals surface area (Å²) < 4.78 is 6.79. The molecule has 0 unspecified atom stereocenters. The molecule has 0 aliphatic heterocycles. The van der Waals surface area contributed by atoms with Crippen LogP contribution in [0.2, 0.25) is 0 Å². The number of thioether (sulfide) groups is 1. The molecule has 0 aliphatic rings. The highest BCUT2D eigenvalue weighted by molar-refractivity contribution is 7.98. The van der Waals surface area contributed by atoms with Crippen LogP contribution in [-0.2, 0) is 23.5 Å². The van der Waals surface area contributed by atoms with Crippen LogP contribution in [0.3, 0.4) is 0 Å². The number of aromatic nitrogens is 2. The second kappa shape index (κ2) is 10.8. The number of nitrogens with zero attached hydrogens (tertiary/aromatic N) is 3. The number of carbonyl (C=O) groups is 1. The van der Waals surface area contributed by atoms with Crippen molar-refractivity contribution in [3.8, 4) is 0 Å². The molecule has 180 valence electrons. The average Bonchev–Trinajstić information content (AvgIpc) is 3.19. The van der Waals surface area contributed by atoms with Crippen LogP contribution in [0.4, 0.5) is 5.69 Å². The van der Waals surface area contributed by atoms with Crippen molar-refractivity contribution in [2.24, 2.45) is 0 Å². The van der Waals surface area contributed by atoms with E-state index in [1.807, 2.05) is 30.3 Å². The van der Waals surface area contributed by atoms with E-state index in [0.29, 0.717) is 44.5 Å². The molecule has 0 atom stereocenters. The standard InChI is InChI=1S/C25H23N3O5S2/c1-3-33-24(30)21-16(2)20-22(35-21)26-25(34-15-18-10-7-11-19(14-18)28(31)32)27(23(20)29)13-12-17-8-5-4-6-9-17/h4-11,14H,3,12-13,15H2,1-2H3. The minimum absolute atomic E-state index is 0.0148. The zero-order valence-electron chi connectivity index (χ0n) is 19.2. The van der Waals surface area contributed by atoms with E-state index in [-0.39, 0.29) is 17.9 Å². The van der Waals surface area contributed by atoms with Gasteiger partial charge in [-0.1, -0.05) is 54.2 Å². The summed E-state index contributed by atoms with van der Waals surface area (Å²) in [5.74, 6) is -0.0610. The van der Waals surface area contributed by atoms with Crippen LogP contribution >= 0.6 is 23.1 Å². The van der Waals surface area contributed by atoms with Gasteiger partial charge in [-0.15, -0.1) is 11.3 Å². The van der Waals surface area contributed by atoms with E-state index in [4.69, 9.17) is 9.72 Å². The number of fused-ring (bicyclic) bond motifs is 1. The summed E-state index contributed by atoms with van der Waals surface area (Å²) in [6.07, 6.45) is 0.631. The van der Waals surface area contributed by atoms with Crippen molar-refractivity contribution < 1.29 is 14.5 Å². The third-order valence-corrected chi connectivity index (χ3v) is 7.65. The highest BCUT2D eigenvalue weighted by Crippen LogP contribution is 2.31. The van der Waals surface area contributed by atoms with Gasteiger partial charge in [-0.2, -0.15) is 0 Å². The smallest absolute Gasteiger partial charge is 0.348 e. The number of ether oxygens (including phenoxy) is 1. The van der Waals surface area contributed by atoms with Gasteiger partial charge in [0.25, 0.3) is 11.2 Å². The Labute approximate surface area is 209 Å². The van der Waals surface area contributed by atoms with Crippen LogP contribution in [0.15, 0.2) is 64.5 Å². The number of hydrogen-bond donors (Lipinski definition) is 0. The van der Waals surface area contributed by atoms with Crippen LogP contribution in [0, 0.1) is 17.0 Å². The van der Waals surface area contributed by atoms with E-state index in [9.17, 15) is 19.7 Å². The molecule has 0 N–H and O–H groups in total. The topological polar surface area (TPSA) is 104 Å². The van der Waals surface area contributed by atoms with Gasteiger partial charge < -0.3 is 4.74 Å². The molecule has 0 bridgehead atoms. The number of thiophene rings is 1. The summed E-state index contributed by atoms with van der Waals surface area (Å²) in [5, 5.41) is 12.1. The van der Waals surface area contributed by atoms with Crippen molar-refractivity contribution in [1.29, 1.82) is 0 Å². The number of nitro groups is 1. The average molecular weight is 510 g/mol. The fourth-order valence-corrected chi connectivity index (χ4v) is 5.77. The molecule has 8 nitrogen and oxygen atoms in total. The molecule has 0 amide bonds. The van der Waals surface area contributed by atoms with Crippen LogP contribution in [-0.4, -0.2) is 27.1 Å². The van der Waals surface area contributed by atoms with E-state index < -0.39 is 10.9 Å². The first-order chi connectivity index (χ1) is 16.9. The molecular formula is C25H23N3O5S2. The molecular weight excluding hydrogens is 486 g/mol. The summed E-state index contributed by atoms with van der Waals surface area (Å²) >= 11 is 2.49. The Hall–Kier alpha value is -3.50. The number of non-ortho nitro benzene ring substituents is 1. The highest BCUT2D eigenvalue weighted by atomic mass is 32.2. The van der Waals surface area contributed by atoms with Gasteiger partial charge in [-0.05, 0) is 37.0 Å². The molecule has 0 aliphatic carbocycles. The number of benzene rings is 2. The molecule has 0 saturated heterocycles. The highest BCUT2D eigenvalue weighted by Gasteiger charge is 2.22. The molecule has 0 spiro atoms. The lowest BCUT2D eigenvalue weighted by Crippen LogP contribution is -2.24. The summed E-state index contributed by atoms with van der Waals surface area (Å²) in [7, 11) is 0. The van der Waals surface area contributed by atoms with Gasteiger partial charge in [0.15, 0.2) is 5.16 Å². The molecule has 2 heterocycles. The number of hydrogen-bond acceptors (Lipinski definition) is 8. The first-order valence-corrected chi connectivity index (χ1v) is 12.8. The summed E-state index contributed by atoms with van der Waals surface area (Å²) in [6, 6.07) is 16.3. The van der Waals surface area contributed by atoms with E-state index >= 15 is 0 Å². The summed E-state index contributed by atoms with van der Waals surface area (Å²) in [6.45, 7) is 4.13. The van der Waals surface area contributed by atoms with Gasteiger partial charge in [0, 0.05) is 24.4 Å². The van der Waals surface area contributed by atoms with Crippen molar-refractivity contribution in [2.75, 3.05) is 6.61 Å². The number of nitro benzene ring substituents is 1. The lowest BCUT2D eigenvalue weighted by molar-refractivity contribution is -0.384. The molecule has 4 rings (SSSR count). The maximum atomic E-state index is 13.6. The Morgan fingerprint density at radius 2 is 1.91 bits per heavy atom. The van der Waals surface area contributed by atoms with Crippen LogP contribution < -0.4 is 5.56 Å². The van der Waals surface area contributed by atoms with Gasteiger partial charge >= 0.3 is 5.97 Å². The number of esters is 1. The first-order valence-electron chi connectivity index (χ1n) is 11.0. The molecule has 0 radical (unpaired) electrons. The molecule has 35 heavy (non-hydrogen) atoms. The zero-order valence-corrected chi connectivity index (χ0v) is 20.9. The van der Waals surface area contributed by atoms with E-state index in [1.165, 1.54) is 23.9 Å². The summed E-state index contributed by atoms with van der Waals surface area (Å²) in [4.78, 5) is 42.3. The third kappa shape index (κ3) is 5.44. The van der Waals surface area contributed by atoms with Crippen LogP contribution in [0.25, 0.3) is 10.2 Å². The van der Waals surface area contributed by atoms with Gasteiger partial charge in [0.1, 0.15) is 9.71 Å². The zero-order chi connectivity index (χ0) is 24.9. The Morgan fingerprint density at radius 1 is 1.17 bits per heavy atom. The normalized spacial score (nSPS) is 11.0. The van der Waals surface area contributed by atoms with Gasteiger partial charge in [0.05, 0.1) is 16.9 Å². The van der Waals surface area contributed by atoms with E-state index in [2.05, 4.69) is 0 Å². The lowest BCUT2D eigenvalue weighted by Gasteiger charge is -2.12. The summed E-state index contributed by atoms with van der Waals surface area (Å²) in [5.41, 5.74) is 2.22. The predicted molar refractivity (Wildman–Crippen MR) is 137 cm³/mol. The molecule has 2 aromatic carbocycles. The SMILES string of the molecule is CCOC(=O)c1sc2nc(SCc3cccc([N+](=O)[O-])c3)n(CCc3ccccc3)c(=O)c2c1C. The fraction of sp³-hybridized carbons (Fsp3) is 0.240. The molecule has 0 fully saturated rings. The molecule has 10 heteroatoms. The minimum Gasteiger partial charge on any atom is -0.462 e. The molecule has 4 aromatic rings. The largest absolute Gasteiger partial charge is 0.462 e. The molecule has 0 saturated carbocycles. The number of carbonyl (C=O) groups excluding carboxylic acids is 1. The Kier molecular flexibility index (Phi) is 7.62. The number of aryl methyl sites for hydroxylation is 2. The monoisotopic (exact) mass is 509 g/mol. The van der Waals surface area contributed by atoms with Gasteiger partial charge in [-0.3, -0.25) is 19.5 Å². The third-order valence-electron chi connectivity index (χ3n) is 5.43. The van der Waals surface area contributed by atoms with Crippen molar-refractivity contribution in [3.63, 3.8) is 0 Å². The quantitative estimate of drug-likeness (QED) is 0.0980. The Morgan fingerprint density at radius 3 is 2.63 bits per heavy atom. The lowest BCUT2D eigenvalue weighted by atomic mass is 10.1. The van der Waals surface area contributed by atoms with Crippen molar-refractivity contribution in [2.45, 2.75) is 37.7 Å². The van der Waals surface area contributed by atoms with Crippen molar-refractivity contribution in [1.82, 2.24) is 9.55 Å². The van der Waals surface area contributed by atoms with E-state index in [1.54, 1.807) is 30.5 Å². The second-order valence-electron chi connectivity index (χ2n) is 7.76. The first kappa shape index (κ1) is 24.6. The minimum atomic E-state index is -0.464.